The second-order valence-corrected chi connectivity index (χ2v) is 6.52. The Morgan fingerprint density at radius 1 is 1.33 bits per heavy atom. The monoisotopic (exact) mass is 348 g/mol. The highest BCUT2D eigenvalue weighted by Crippen LogP contribution is 2.23. The molecule has 1 fully saturated rings. The van der Waals surface area contributed by atoms with Crippen LogP contribution in [-0.2, 0) is 13.0 Å². The molecule has 3 rings (SSSR count). The van der Waals surface area contributed by atoms with E-state index in [1.165, 1.54) is 18.4 Å². The Kier molecular flexibility index (Phi) is 4.13. The fourth-order valence-corrected chi connectivity index (χ4v) is 2.67. The van der Waals surface area contributed by atoms with E-state index in [2.05, 4.69) is 52.3 Å². The molecule has 0 aliphatic heterocycles. The van der Waals surface area contributed by atoms with E-state index in [1.54, 1.807) is 0 Å². The average molecular weight is 349 g/mol. The zero-order valence-electron chi connectivity index (χ0n) is 12.8. The highest BCUT2D eigenvalue weighted by molar-refractivity contribution is 9.10. The Balaban J connectivity index is 1.95. The normalized spacial score (nSPS) is 14.7. The highest BCUT2D eigenvalue weighted by atomic mass is 79.9. The summed E-state index contributed by atoms with van der Waals surface area (Å²) in [5.74, 6) is 0.910. The van der Waals surface area contributed by atoms with Gasteiger partial charge in [0.05, 0.1) is 15.9 Å². The third-order valence-corrected chi connectivity index (χ3v) is 5.03. The topological polar surface area (TPSA) is 42.7 Å². The van der Waals surface area contributed by atoms with Gasteiger partial charge in [0.2, 0.25) is 0 Å². The quantitative estimate of drug-likeness (QED) is 0.899. The lowest BCUT2D eigenvalue weighted by atomic mass is 10.2. The molecule has 0 spiro atoms. The number of rotatable bonds is 5. The van der Waals surface area contributed by atoms with Crippen molar-refractivity contribution in [2.45, 2.75) is 52.6 Å². The van der Waals surface area contributed by atoms with Crippen LogP contribution >= 0.6 is 15.9 Å². The summed E-state index contributed by atoms with van der Waals surface area (Å²) in [6.07, 6.45) is 3.55. The zero-order valence-corrected chi connectivity index (χ0v) is 14.4. The smallest absolute Gasteiger partial charge is 0.154 e. The van der Waals surface area contributed by atoms with Crippen LogP contribution in [0.1, 0.15) is 42.4 Å². The van der Waals surface area contributed by atoms with Gasteiger partial charge in [-0.15, -0.1) is 0 Å². The standard InChI is InChI=1S/C16H21BrN4/c1-4-13-7-12(9-18-14-5-6-14)8-15(19-13)21-11(3)16(17)10(2)20-21/h7-8,14,18H,4-6,9H2,1-3H3. The Labute approximate surface area is 134 Å². The molecular weight excluding hydrogens is 328 g/mol. The lowest BCUT2D eigenvalue weighted by molar-refractivity contribution is 0.683. The van der Waals surface area contributed by atoms with Crippen LogP contribution in [0.15, 0.2) is 16.6 Å². The summed E-state index contributed by atoms with van der Waals surface area (Å²) in [4.78, 5) is 4.73. The van der Waals surface area contributed by atoms with Gasteiger partial charge in [0.25, 0.3) is 0 Å². The maximum absolute atomic E-state index is 4.73. The Bertz CT molecular complexity index is 659. The van der Waals surface area contributed by atoms with Crippen LogP contribution in [0.4, 0.5) is 0 Å². The third-order valence-electron chi connectivity index (χ3n) is 3.88. The summed E-state index contributed by atoms with van der Waals surface area (Å²) < 4.78 is 2.99. The van der Waals surface area contributed by atoms with Crippen molar-refractivity contribution in [1.82, 2.24) is 20.1 Å². The predicted octanol–water partition coefficient (Wildman–Crippen LogP) is 3.46. The number of aryl methyl sites for hydroxylation is 2. The minimum atomic E-state index is 0.717. The first-order chi connectivity index (χ1) is 10.1. The first-order valence-electron chi connectivity index (χ1n) is 7.53. The van der Waals surface area contributed by atoms with Gasteiger partial charge in [-0.3, -0.25) is 0 Å². The zero-order chi connectivity index (χ0) is 15.0. The van der Waals surface area contributed by atoms with Gasteiger partial charge in [0.15, 0.2) is 5.82 Å². The van der Waals surface area contributed by atoms with E-state index in [-0.39, 0.29) is 0 Å². The van der Waals surface area contributed by atoms with Crippen molar-refractivity contribution in [1.29, 1.82) is 0 Å². The third kappa shape index (κ3) is 3.19. The van der Waals surface area contributed by atoms with Crippen LogP contribution in [-0.4, -0.2) is 20.8 Å². The van der Waals surface area contributed by atoms with E-state index < -0.39 is 0 Å². The second kappa shape index (κ2) is 5.89. The van der Waals surface area contributed by atoms with E-state index in [4.69, 9.17) is 4.98 Å². The second-order valence-electron chi connectivity index (χ2n) is 5.73. The van der Waals surface area contributed by atoms with Gasteiger partial charge in [0, 0.05) is 18.3 Å². The average Bonchev–Trinajstić information content (AvgIpc) is 3.28. The first kappa shape index (κ1) is 14.7. The molecule has 21 heavy (non-hydrogen) atoms. The van der Waals surface area contributed by atoms with Crippen molar-refractivity contribution >= 4 is 15.9 Å². The number of hydrogen-bond donors (Lipinski definition) is 1. The number of nitrogens with one attached hydrogen (secondary N) is 1. The lowest BCUT2D eigenvalue weighted by Gasteiger charge is -2.10. The number of nitrogens with zero attached hydrogens (tertiary/aromatic N) is 3. The molecule has 1 saturated carbocycles. The molecule has 0 radical (unpaired) electrons. The summed E-state index contributed by atoms with van der Waals surface area (Å²) in [5.41, 5.74) is 4.49. The van der Waals surface area contributed by atoms with E-state index in [9.17, 15) is 0 Å². The largest absolute Gasteiger partial charge is 0.310 e. The molecule has 0 saturated heterocycles. The van der Waals surface area contributed by atoms with Crippen LogP contribution < -0.4 is 5.32 Å². The minimum Gasteiger partial charge on any atom is -0.310 e. The molecule has 0 atom stereocenters. The SMILES string of the molecule is CCc1cc(CNC2CC2)cc(-n2nc(C)c(Br)c2C)n1. The summed E-state index contributed by atoms with van der Waals surface area (Å²) in [6.45, 7) is 7.12. The molecule has 4 nitrogen and oxygen atoms in total. The van der Waals surface area contributed by atoms with Crippen LogP contribution in [0.2, 0.25) is 0 Å². The van der Waals surface area contributed by atoms with Crippen molar-refractivity contribution in [3.63, 3.8) is 0 Å². The summed E-state index contributed by atoms with van der Waals surface area (Å²) >= 11 is 3.59. The first-order valence-corrected chi connectivity index (χ1v) is 8.33. The highest BCUT2D eigenvalue weighted by Gasteiger charge is 2.20. The van der Waals surface area contributed by atoms with Gasteiger partial charge in [-0.25, -0.2) is 9.67 Å². The fraction of sp³-hybridized carbons (Fsp3) is 0.500. The van der Waals surface area contributed by atoms with Crippen LogP contribution in [0.3, 0.4) is 0 Å². The molecule has 1 N–H and O–H groups in total. The molecule has 0 amide bonds. The molecule has 2 aromatic heterocycles. The van der Waals surface area contributed by atoms with Gasteiger partial charge in [-0.2, -0.15) is 5.10 Å². The van der Waals surface area contributed by atoms with Gasteiger partial charge in [-0.05, 0) is 66.7 Å². The predicted molar refractivity (Wildman–Crippen MR) is 87.8 cm³/mol. The fourth-order valence-electron chi connectivity index (χ4n) is 2.42. The van der Waals surface area contributed by atoms with Gasteiger partial charge in [0.1, 0.15) is 0 Å². The molecule has 0 unspecified atom stereocenters. The molecular formula is C16H21BrN4. The lowest BCUT2D eigenvalue weighted by Crippen LogP contribution is -2.16. The van der Waals surface area contributed by atoms with Crippen molar-refractivity contribution < 1.29 is 0 Å². The van der Waals surface area contributed by atoms with Crippen LogP contribution in [0.5, 0.6) is 0 Å². The number of pyridine rings is 1. The minimum absolute atomic E-state index is 0.717. The molecule has 2 aromatic rings. The van der Waals surface area contributed by atoms with E-state index in [0.717, 1.165) is 46.4 Å². The van der Waals surface area contributed by atoms with Crippen molar-refractivity contribution in [2.75, 3.05) is 0 Å². The number of halogens is 1. The Hall–Kier alpha value is -1.20. The maximum atomic E-state index is 4.73. The molecule has 112 valence electrons. The van der Waals surface area contributed by atoms with E-state index in [1.807, 2.05) is 11.6 Å². The van der Waals surface area contributed by atoms with E-state index in [0.29, 0.717) is 0 Å². The molecule has 0 aromatic carbocycles. The summed E-state index contributed by atoms with van der Waals surface area (Å²) in [7, 11) is 0. The summed E-state index contributed by atoms with van der Waals surface area (Å²) in [5, 5.41) is 8.16. The van der Waals surface area contributed by atoms with Crippen molar-refractivity contribution in [3.8, 4) is 5.82 Å². The number of aromatic nitrogens is 3. The molecule has 2 heterocycles. The van der Waals surface area contributed by atoms with Gasteiger partial charge >= 0.3 is 0 Å². The van der Waals surface area contributed by atoms with Gasteiger partial charge < -0.3 is 5.32 Å². The van der Waals surface area contributed by atoms with Gasteiger partial charge in [-0.1, -0.05) is 6.92 Å². The molecule has 0 bridgehead atoms. The van der Waals surface area contributed by atoms with Crippen LogP contribution in [0, 0.1) is 13.8 Å². The molecule has 1 aliphatic rings. The Morgan fingerprint density at radius 2 is 2.10 bits per heavy atom. The Morgan fingerprint density at radius 3 is 2.67 bits per heavy atom. The van der Waals surface area contributed by atoms with Crippen molar-refractivity contribution in [2.24, 2.45) is 0 Å². The van der Waals surface area contributed by atoms with E-state index >= 15 is 0 Å². The van der Waals surface area contributed by atoms with Crippen molar-refractivity contribution in [3.05, 3.63) is 39.3 Å². The van der Waals surface area contributed by atoms with Crippen LogP contribution in [0.25, 0.3) is 5.82 Å². The summed E-state index contributed by atoms with van der Waals surface area (Å²) in [6, 6.07) is 5.05. The molecule has 5 heteroatoms. The number of hydrogen-bond acceptors (Lipinski definition) is 3. The maximum Gasteiger partial charge on any atom is 0.154 e. The molecule has 1 aliphatic carbocycles.